The molecule has 6 heteroatoms. The van der Waals surface area contributed by atoms with Gasteiger partial charge in [0.25, 0.3) is 0 Å². The van der Waals surface area contributed by atoms with Gasteiger partial charge in [0, 0.05) is 19.0 Å². The van der Waals surface area contributed by atoms with Crippen molar-refractivity contribution >= 4 is 34.3 Å². The van der Waals surface area contributed by atoms with Crippen LogP contribution in [0.3, 0.4) is 0 Å². The number of nitrogens with zero attached hydrogens (tertiary/aromatic N) is 2. The molecule has 1 aromatic carbocycles. The molecule has 1 aromatic heterocycles. The van der Waals surface area contributed by atoms with Crippen molar-refractivity contribution in [2.75, 3.05) is 26.1 Å². The minimum absolute atomic E-state index is 0.267. The summed E-state index contributed by atoms with van der Waals surface area (Å²) in [5.74, 6) is 0.431. The molecule has 0 amide bonds. The van der Waals surface area contributed by atoms with E-state index >= 15 is 0 Å². The van der Waals surface area contributed by atoms with Crippen LogP contribution in [0.5, 0.6) is 5.75 Å². The van der Waals surface area contributed by atoms with Crippen LogP contribution < -0.4 is 9.64 Å². The van der Waals surface area contributed by atoms with Crippen LogP contribution in [0.2, 0.25) is 0 Å². The lowest BCUT2D eigenvalue weighted by molar-refractivity contribution is -0.129. The lowest BCUT2D eigenvalue weighted by Gasteiger charge is -2.06. The Bertz CT molecular complexity index is 806. The Morgan fingerprint density at radius 1 is 1.22 bits per heavy atom. The molecule has 0 N–H and O–H groups in total. The second-order valence-electron chi connectivity index (χ2n) is 5.11. The lowest BCUT2D eigenvalue weighted by Crippen LogP contribution is -2.06. The zero-order valence-corrected chi connectivity index (χ0v) is 13.9. The number of ether oxygens (including phenoxy) is 2. The first-order chi connectivity index (χ1) is 11.1. The molecule has 23 heavy (non-hydrogen) atoms. The molecular formula is C17H16N2O3S. The molecule has 0 saturated heterocycles. The van der Waals surface area contributed by atoms with Crippen molar-refractivity contribution in [3.05, 3.63) is 52.5 Å². The number of cyclic esters (lactones) is 1. The Balaban J connectivity index is 1.93. The summed E-state index contributed by atoms with van der Waals surface area (Å²) in [6.45, 7) is 0. The third-order valence-corrected chi connectivity index (χ3v) is 4.49. The number of thiophene rings is 1. The summed E-state index contributed by atoms with van der Waals surface area (Å²) in [6.07, 6.45) is 1.74. The van der Waals surface area contributed by atoms with E-state index in [9.17, 15) is 4.79 Å². The number of carbonyl (C=O) groups excluding carboxylic acids is 1. The fourth-order valence-corrected chi connectivity index (χ4v) is 3.01. The molecule has 118 valence electrons. The highest BCUT2D eigenvalue weighted by molar-refractivity contribution is 7.16. The van der Waals surface area contributed by atoms with Gasteiger partial charge in [0.15, 0.2) is 5.70 Å². The van der Waals surface area contributed by atoms with Crippen LogP contribution in [0.25, 0.3) is 6.08 Å². The van der Waals surface area contributed by atoms with Crippen molar-refractivity contribution in [2.24, 2.45) is 4.99 Å². The maximum Gasteiger partial charge on any atom is 0.363 e. The van der Waals surface area contributed by atoms with E-state index in [0.29, 0.717) is 11.3 Å². The Hall–Kier alpha value is -2.60. The van der Waals surface area contributed by atoms with Crippen LogP contribution in [0, 0.1) is 0 Å². The van der Waals surface area contributed by atoms with E-state index in [1.54, 1.807) is 30.6 Å². The van der Waals surface area contributed by atoms with Crippen molar-refractivity contribution in [2.45, 2.75) is 0 Å². The van der Waals surface area contributed by atoms with Crippen molar-refractivity contribution < 1.29 is 14.3 Å². The van der Waals surface area contributed by atoms with Crippen LogP contribution in [0.4, 0.5) is 5.00 Å². The molecule has 5 nitrogen and oxygen atoms in total. The van der Waals surface area contributed by atoms with Gasteiger partial charge in [0.2, 0.25) is 5.90 Å². The highest BCUT2D eigenvalue weighted by atomic mass is 32.1. The number of anilines is 1. The molecular weight excluding hydrogens is 312 g/mol. The van der Waals surface area contributed by atoms with E-state index in [4.69, 9.17) is 9.47 Å². The number of hydrogen-bond donors (Lipinski definition) is 0. The molecule has 0 aliphatic carbocycles. The predicted octanol–water partition coefficient (Wildman–Crippen LogP) is 3.17. The van der Waals surface area contributed by atoms with Crippen LogP contribution in [0.15, 0.2) is 47.1 Å². The molecule has 0 bridgehead atoms. The van der Waals surface area contributed by atoms with E-state index in [1.807, 2.05) is 49.3 Å². The van der Waals surface area contributed by atoms with Crippen LogP contribution in [0.1, 0.15) is 10.4 Å². The Morgan fingerprint density at radius 3 is 2.70 bits per heavy atom. The number of methoxy groups -OCH3 is 1. The Morgan fingerprint density at radius 2 is 2.00 bits per heavy atom. The van der Waals surface area contributed by atoms with Gasteiger partial charge in [0.05, 0.1) is 17.7 Å². The van der Waals surface area contributed by atoms with Gasteiger partial charge in [-0.2, -0.15) is 0 Å². The topological polar surface area (TPSA) is 51.1 Å². The maximum atomic E-state index is 12.1. The van der Waals surface area contributed by atoms with E-state index in [2.05, 4.69) is 4.99 Å². The molecule has 1 aliphatic heterocycles. The smallest absolute Gasteiger partial charge is 0.363 e. The number of aliphatic imine (C=N–C) groups is 1. The van der Waals surface area contributed by atoms with Crippen molar-refractivity contribution in [3.63, 3.8) is 0 Å². The minimum Gasteiger partial charge on any atom is -0.496 e. The first-order valence-electron chi connectivity index (χ1n) is 7.01. The van der Waals surface area contributed by atoms with Crippen LogP contribution in [-0.4, -0.2) is 33.1 Å². The van der Waals surface area contributed by atoms with Crippen molar-refractivity contribution in [3.8, 4) is 5.75 Å². The van der Waals surface area contributed by atoms with Gasteiger partial charge in [-0.25, -0.2) is 9.79 Å². The predicted molar refractivity (Wildman–Crippen MR) is 92.2 cm³/mol. The number of hydrogen-bond acceptors (Lipinski definition) is 6. The summed E-state index contributed by atoms with van der Waals surface area (Å²) in [4.78, 5) is 19.3. The molecule has 0 radical (unpaired) electrons. The molecule has 0 atom stereocenters. The molecule has 2 heterocycles. The first kappa shape index (κ1) is 15.3. The molecule has 0 unspecified atom stereocenters. The Kier molecular flexibility index (Phi) is 4.16. The standard InChI is InChI=1S/C17H16N2O3S/c1-19(2)15-9-8-11(23-15)10-13-17(20)22-16(18-13)12-6-4-5-7-14(12)21-3/h4-10H,1-3H3. The summed E-state index contributed by atoms with van der Waals surface area (Å²) in [6, 6.07) is 11.3. The third kappa shape index (κ3) is 3.12. The molecule has 3 rings (SSSR count). The van der Waals surface area contributed by atoms with E-state index in [-0.39, 0.29) is 11.6 Å². The van der Waals surface area contributed by atoms with Gasteiger partial charge >= 0.3 is 5.97 Å². The minimum atomic E-state index is -0.453. The highest BCUT2D eigenvalue weighted by Crippen LogP contribution is 2.29. The fraction of sp³-hybridized carbons (Fsp3) is 0.176. The molecule has 0 fully saturated rings. The summed E-state index contributed by atoms with van der Waals surface area (Å²) in [7, 11) is 5.52. The summed E-state index contributed by atoms with van der Waals surface area (Å²) in [5.41, 5.74) is 0.949. The molecule has 0 spiro atoms. The largest absolute Gasteiger partial charge is 0.496 e. The van der Waals surface area contributed by atoms with Gasteiger partial charge in [-0.05, 0) is 30.3 Å². The number of esters is 1. The first-order valence-corrected chi connectivity index (χ1v) is 7.83. The summed E-state index contributed by atoms with van der Waals surface area (Å²) < 4.78 is 10.6. The van der Waals surface area contributed by atoms with Crippen LogP contribution >= 0.6 is 11.3 Å². The van der Waals surface area contributed by atoms with Crippen molar-refractivity contribution in [1.82, 2.24) is 0 Å². The van der Waals surface area contributed by atoms with Gasteiger partial charge in [-0.15, -0.1) is 11.3 Å². The zero-order chi connectivity index (χ0) is 16.4. The van der Waals surface area contributed by atoms with Crippen LogP contribution in [-0.2, 0) is 9.53 Å². The lowest BCUT2D eigenvalue weighted by atomic mass is 10.2. The summed E-state index contributed by atoms with van der Waals surface area (Å²) >= 11 is 1.58. The molecule has 1 aliphatic rings. The Labute approximate surface area is 138 Å². The zero-order valence-electron chi connectivity index (χ0n) is 13.1. The number of rotatable bonds is 4. The second-order valence-corrected chi connectivity index (χ2v) is 6.20. The third-order valence-electron chi connectivity index (χ3n) is 3.29. The van der Waals surface area contributed by atoms with Gasteiger partial charge in [0.1, 0.15) is 5.75 Å². The number of para-hydroxylation sites is 1. The molecule has 2 aromatic rings. The second kappa shape index (κ2) is 6.26. The van der Waals surface area contributed by atoms with Gasteiger partial charge in [-0.3, -0.25) is 0 Å². The van der Waals surface area contributed by atoms with E-state index in [1.165, 1.54) is 0 Å². The summed E-state index contributed by atoms with van der Waals surface area (Å²) in [5, 5.41) is 1.11. The average molecular weight is 328 g/mol. The molecule has 0 saturated carbocycles. The van der Waals surface area contributed by atoms with E-state index < -0.39 is 5.97 Å². The van der Waals surface area contributed by atoms with Gasteiger partial charge in [-0.1, -0.05) is 12.1 Å². The number of benzene rings is 1. The highest BCUT2D eigenvalue weighted by Gasteiger charge is 2.26. The quantitative estimate of drug-likeness (QED) is 0.639. The maximum absolute atomic E-state index is 12.1. The van der Waals surface area contributed by atoms with E-state index in [0.717, 1.165) is 9.88 Å². The number of carbonyl (C=O) groups is 1. The SMILES string of the molecule is COc1ccccc1C1=NC(=Cc2ccc(N(C)C)s2)C(=O)O1. The monoisotopic (exact) mass is 328 g/mol. The van der Waals surface area contributed by atoms with Crippen molar-refractivity contribution in [1.29, 1.82) is 0 Å². The fourth-order valence-electron chi connectivity index (χ4n) is 2.14. The van der Waals surface area contributed by atoms with Gasteiger partial charge < -0.3 is 14.4 Å². The normalized spacial score (nSPS) is 15.5. The average Bonchev–Trinajstić information content (AvgIpc) is 3.15.